The van der Waals surface area contributed by atoms with Crippen LogP contribution in [0.25, 0.3) is 0 Å². The molecule has 1 aromatic rings. The normalized spacial score (nSPS) is 24.4. The lowest BCUT2D eigenvalue weighted by molar-refractivity contribution is -0.145. The number of hydrogen-bond donors (Lipinski definition) is 3. The minimum absolute atomic E-state index is 0.0103. The number of nitrogens with one attached hydrogen (secondary N) is 2. The van der Waals surface area contributed by atoms with Gasteiger partial charge in [-0.1, -0.05) is 18.2 Å². The van der Waals surface area contributed by atoms with Crippen molar-refractivity contribution in [1.29, 1.82) is 0 Å². The van der Waals surface area contributed by atoms with Crippen molar-refractivity contribution in [3.63, 3.8) is 0 Å². The zero-order chi connectivity index (χ0) is 17.1. The third-order valence-corrected chi connectivity index (χ3v) is 4.55. The molecule has 2 heterocycles. The number of ether oxygens (including phenoxy) is 1. The van der Waals surface area contributed by atoms with Crippen LogP contribution in [0.3, 0.4) is 0 Å². The Hall–Kier alpha value is -2.41. The van der Waals surface area contributed by atoms with E-state index in [1.165, 1.54) is 0 Å². The van der Waals surface area contributed by atoms with Gasteiger partial charge in [-0.2, -0.15) is 0 Å². The standard InChI is InChI=1S/C17H20N2O5/c20-14-8-12(11-5-1-2-6-13(11)18-14)16(21)19-15(17(22)23)10-4-3-7-24-9-10/h1-2,5-6,10,12,15H,3-4,7-9H2,(H,18,20)(H,19,21)(H,22,23). The van der Waals surface area contributed by atoms with E-state index in [2.05, 4.69) is 10.6 Å². The van der Waals surface area contributed by atoms with Gasteiger partial charge >= 0.3 is 5.97 Å². The van der Waals surface area contributed by atoms with Crippen molar-refractivity contribution in [2.75, 3.05) is 18.5 Å². The number of amides is 2. The summed E-state index contributed by atoms with van der Waals surface area (Å²) in [6.07, 6.45) is 1.48. The number of benzene rings is 1. The molecular formula is C17H20N2O5. The lowest BCUT2D eigenvalue weighted by atomic mass is 9.88. The second kappa shape index (κ2) is 7.00. The van der Waals surface area contributed by atoms with E-state index in [0.717, 1.165) is 6.42 Å². The minimum atomic E-state index is -1.08. The largest absolute Gasteiger partial charge is 0.480 e. The fourth-order valence-electron chi connectivity index (χ4n) is 3.31. The van der Waals surface area contributed by atoms with Crippen LogP contribution in [0, 0.1) is 5.92 Å². The molecule has 1 aromatic carbocycles. The monoisotopic (exact) mass is 332 g/mol. The molecule has 1 fully saturated rings. The molecule has 1 saturated heterocycles. The summed E-state index contributed by atoms with van der Waals surface area (Å²) in [4.78, 5) is 36.1. The van der Waals surface area contributed by atoms with Crippen molar-refractivity contribution in [1.82, 2.24) is 5.32 Å². The third kappa shape index (κ3) is 3.41. The van der Waals surface area contributed by atoms with E-state index >= 15 is 0 Å². The first-order valence-corrected chi connectivity index (χ1v) is 8.06. The van der Waals surface area contributed by atoms with E-state index in [1.807, 2.05) is 0 Å². The molecule has 0 aliphatic carbocycles. The summed E-state index contributed by atoms with van der Waals surface area (Å²) in [6.45, 7) is 0.936. The Balaban J connectivity index is 1.78. The maximum atomic E-state index is 12.7. The number of aliphatic carboxylic acids is 1. The average Bonchev–Trinajstić information content (AvgIpc) is 2.59. The number of hydrogen-bond acceptors (Lipinski definition) is 4. The maximum Gasteiger partial charge on any atom is 0.326 e. The zero-order valence-electron chi connectivity index (χ0n) is 13.2. The molecule has 24 heavy (non-hydrogen) atoms. The van der Waals surface area contributed by atoms with Crippen molar-refractivity contribution in [3.05, 3.63) is 29.8 Å². The van der Waals surface area contributed by atoms with Crippen LogP contribution in [0.5, 0.6) is 0 Å². The van der Waals surface area contributed by atoms with Gasteiger partial charge < -0.3 is 20.5 Å². The third-order valence-electron chi connectivity index (χ3n) is 4.55. The number of carboxylic acids is 1. The van der Waals surface area contributed by atoms with Gasteiger partial charge in [0.2, 0.25) is 11.8 Å². The van der Waals surface area contributed by atoms with Crippen LogP contribution >= 0.6 is 0 Å². The average molecular weight is 332 g/mol. The van der Waals surface area contributed by atoms with Crippen molar-refractivity contribution in [2.45, 2.75) is 31.2 Å². The van der Waals surface area contributed by atoms with Crippen LogP contribution in [0.15, 0.2) is 24.3 Å². The summed E-state index contributed by atoms with van der Waals surface area (Å²) >= 11 is 0. The van der Waals surface area contributed by atoms with Gasteiger partial charge in [0.25, 0.3) is 0 Å². The Morgan fingerprint density at radius 2 is 2.12 bits per heavy atom. The van der Waals surface area contributed by atoms with Gasteiger partial charge in [0.05, 0.1) is 12.5 Å². The molecule has 3 atom stereocenters. The van der Waals surface area contributed by atoms with Crippen molar-refractivity contribution in [2.24, 2.45) is 5.92 Å². The second-order valence-corrected chi connectivity index (χ2v) is 6.19. The van der Waals surface area contributed by atoms with Crippen LogP contribution < -0.4 is 10.6 Å². The highest BCUT2D eigenvalue weighted by Gasteiger charge is 2.36. The molecule has 7 nitrogen and oxygen atoms in total. The molecule has 3 rings (SSSR count). The Bertz CT molecular complexity index is 654. The predicted molar refractivity (Wildman–Crippen MR) is 85.5 cm³/mol. The molecule has 0 aromatic heterocycles. The molecule has 2 aliphatic rings. The molecule has 0 saturated carbocycles. The molecule has 0 bridgehead atoms. The number of fused-ring (bicyclic) bond motifs is 1. The summed E-state index contributed by atoms with van der Waals surface area (Å²) in [7, 11) is 0. The molecule has 3 unspecified atom stereocenters. The Morgan fingerprint density at radius 1 is 1.33 bits per heavy atom. The van der Waals surface area contributed by atoms with Crippen LogP contribution in [0.1, 0.15) is 30.7 Å². The summed E-state index contributed by atoms with van der Waals surface area (Å²) in [5.41, 5.74) is 1.31. The van der Waals surface area contributed by atoms with Crippen LogP contribution in [0.4, 0.5) is 5.69 Å². The molecule has 3 N–H and O–H groups in total. The number of carbonyl (C=O) groups is 3. The fraction of sp³-hybridized carbons (Fsp3) is 0.471. The topological polar surface area (TPSA) is 105 Å². The molecular weight excluding hydrogens is 312 g/mol. The van der Waals surface area contributed by atoms with Gasteiger partial charge in [-0.05, 0) is 24.5 Å². The lowest BCUT2D eigenvalue weighted by Crippen LogP contribution is -2.50. The molecule has 0 spiro atoms. The van der Waals surface area contributed by atoms with E-state index in [-0.39, 0.29) is 18.2 Å². The highest BCUT2D eigenvalue weighted by Crippen LogP contribution is 2.32. The minimum Gasteiger partial charge on any atom is -0.480 e. The Labute approximate surface area is 139 Å². The number of rotatable bonds is 4. The molecule has 2 amide bonds. The summed E-state index contributed by atoms with van der Waals surface area (Å²) in [5, 5.41) is 14.8. The summed E-state index contributed by atoms with van der Waals surface area (Å²) in [5.74, 6) is -2.70. The van der Waals surface area contributed by atoms with Crippen LogP contribution in [-0.4, -0.2) is 42.1 Å². The maximum absolute atomic E-state index is 12.7. The van der Waals surface area contributed by atoms with Gasteiger partial charge in [-0.25, -0.2) is 4.79 Å². The van der Waals surface area contributed by atoms with Gasteiger partial charge in [-0.3, -0.25) is 9.59 Å². The number of anilines is 1. The quantitative estimate of drug-likeness (QED) is 0.766. The van der Waals surface area contributed by atoms with Crippen molar-refractivity contribution < 1.29 is 24.2 Å². The van der Waals surface area contributed by atoms with Crippen LogP contribution in [0.2, 0.25) is 0 Å². The Kier molecular flexibility index (Phi) is 4.80. The van der Waals surface area contributed by atoms with Gasteiger partial charge in [0.1, 0.15) is 6.04 Å². The van der Waals surface area contributed by atoms with Crippen LogP contribution in [-0.2, 0) is 19.1 Å². The first kappa shape index (κ1) is 16.4. The first-order valence-electron chi connectivity index (χ1n) is 8.06. The highest BCUT2D eigenvalue weighted by molar-refractivity contribution is 6.01. The number of carbonyl (C=O) groups excluding carboxylic acids is 2. The Morgan fingerprint density at radius 3 is 2.83 bits per heavy atom. The van der Waals surface area contributed by atoms with Crippen molar-refractivity contribution in [3.8, 4) is 0 Å². The summed E-state index contributed by atoms with van der Waals surface area (Å²) in [6, 6.07) is 6.07. The van der Waals surface area contributed by atoms with Gasteiger partial charge in [0, 0.05) is 24.6 Å². The molecule has 0 radical (unpaired) electrons. The second-order valence-electron chi connectivity index (χ2n) is 6.19. The fourth-order valence-corrected chi connectivity index (χ4v) is 3.31. The lowest BCUT2D eigenvalue weighted by Gasteiger charge is -2.30. The highest BCUT2D eigenvalue weighted by atomic mass is 16.5. The van der Waals surface area contributed by atoms with E-state index in [0.29, 0.717) is 30.9 Å². The molecule has 2 aliphatic heterocycles. The van der Waals surface area contributed by atoms with E-state index in [4.69, 9.17) is 4.74 Å². The first-order chi connectivity index (χ1) is 11.6. The van der Waals surface area contributed by atoms with E-state index in [9.17, 15) is 19.5 Å². The number of carboxylic acid groups (broad SMARTS) is 1. The van der Waals surface area contributed by atoms with Gasteiger partial charge in [0.15, 0.2) is 0 Å². The molecule has 7 heteroatoms. The molecule has 128 valence electrons. The van der Waals surface area contributed by atoms with E-state index < -0.39 is 23.8 Å². The summed E-state index contributed by atoms with van der Waals surface area (Å²) < 4.78 is 5.33. The smallest absolute Gasteiger partial charge is 0.326 e. The zero-order valence-corrected chi connectivity index (χ0v) is 13.2. The van der Waals surface area contributed by atoms with Crippen molar-refractivity contribution >= 4 is 23.5 Å². The number of para-hydroxylation sites is 1. The van der Waals surface area contributed by atoms with E-state index in [1.54, 1.807) is 24.3 Å². The SMILES string of the molecule is O=C1CC(C(=O)NC(C(=O)O)C2CCCOC2)c2ccccc2N1. The van der Waals surface area contributed by atoms with Gasteiger partial charge in [-0.15, -0.1) is 0 Å². The predicted octanol–water partition coefficient (Wildman–Crippen LogP) is 1.11.